The summed E-state index contributed by atoms with van der Waals surface area (Å²) in [7, 11) is 3.14. The number of ether oxygens (including phenoxy) is 2. The molecule has 1 aromatic heterocycles. The highest BCUT2D eigenvalue weighted by molar-refractivity contribution is 5.34. The van der Waals surface area contributed by atoms with E-state index in [1.54, 1.807) is 14.2 Å². The Morgan fingerprint density at radius 3 is 2.26 bits per heavy atom. The molecule has 1 aliphatic carbocycles. The SMILES string of the molecule is COc1ncnc(OC)c1CNC1(CO)CCCC1. The van der Waals surface area contributed by atoms with Crippen molar-refractivity contribution in [2.75, 3.05) is 20.8 Å². The minimum atomic E-state index is -0.189. The van der Waals surface area contributed by atoms with Gasteiger partial charge < -0.3 is 19.9 Å². The molecule has 0 aliphatic heterocycles. The molecule has 106 valence electrons. The van der Waals surface area contributed by atoms with Crippen molar-refractivity contribution in [1.82, 2.24) is 15.3 Å². The van der Waals surface area contributed by atoms with Gasteiger partial charge in [-0.3, -0.25) is 0 Å². The maximum absolute atomic E-state index is 9.59. The summed E-state index contributed by atoms with van der Waals surface area (Å²) in [6.07, 6.45) is 5.68. The van der Waals surface area contributed by atoms with Gasteiger partial charge in [-0.1, -0.05) is 12.8 Å². The van der Waals surface area contributed by atoms with Crippen molar-refractivity contribution < 1.29 is 14.6 Å². The van der Waals surface area contributed by atoms with Crippen molar-refractivity contribution in [1.29, 1.82) is 0 Å². The molecule has 0 spiro atoms. The molecule has 1 heterocycles. The van der Waals surface area contributed by atoms with Gasteiger partial charge in [0, 0.05) is 12.1 Å². The van der Waals surface area contributed by atoms with Gasteiger partial charge in [-0.05, 0) is 12.8 Å². The standard InChI is InChI=1S/C13H21N3O3/c1-18-11-10(12(19-2)15-9-14-11)7-16-13(8-17)5-3-4-6-13/h9,16-17H,3-8H2,1-2H3. The zero-order valence-corrected chi connectivity index (χ0v) is 11.5. The number of hydrogen-bond donors (Lipinski definition) is 2. The number of nitrogens with zero attached hydrogens (tertiary/aromatic N) is 2. The van der Waals surface area contributed by atoms with Crippen LogP contribution in [0.1, 0.15) is 31.2 Å². The molecule has 0 saturated heterocycles. The molecule has 19 heavy (non-hydrogen) atoms. The van der Waals surface area contributed by atoms with Crippen LogP contribution in [0.25, 0.3) is 0 Å². The van der Waals surface area contributed by atoms with Crippen LogP contribution < -0.4 is 14.8 Å². The third-order valence-electron chi connectivity index (χ3n) is 3.76. The van der Waals surface area contributed by atoms with Gasteiger partial charge in [0.15, 0.2) is 0 Å². The van der Waals surface area contributed by atoms with Gasteiger partial charge in [0.25, 0.3) is 0 Å². The molecule has 1 saturated carbocycles. The number of rotatable bonds is 6. The normalized spacial score (nSPS) is 17.4. The van der Waals surface area contributed by atoms with E-state index in [0.29, 0.717) is 18.3 Å². The van der Waals surface area contributed by atoms with Crippen LogP contribution in [-0.4, -0.2) is 41.4 Å². The molecule has 0 atom stereocenters. The van der Waals surface area contributed by atoms with Crippen LogP contribution in [-0.2, 0) is 6.54 Å². The first-order valence-corrected chi connectivity index (χ1v) is 6.52. The number of aliphatic hydroxyl groups is 1. The Morgan fingerprint density at radius 1 is 1.21 bits per heavy atom. The van der Waals surface area contributed by atoms with Gasteiger partial charge in [-0.25, -0.2) is 9.97 Å². The number of aliphatic hydroxyl groups excluding tert-OH is 1. The average Bonchev–Trinajstić information content (AvgIpc) is 2.94. The fourth-order valence-corrected chi connectivity index (χ4v) is 2.60. The predicted octanol–water partition coefficient (Wildman–Crippen LogP) is 0.888. The van der Waals surface area contributed by atoms with Crippen LogP contribution in [0, 0.1) is 0 Å². The highest BCUT2D eigenvalue weighted by Crippen LogP contribution is 2.31. The lowest BCUT2D eigenvalue weighted by Gasteiger charge is -2.28. The maximum atomic E-state index is 9.59. The zero-order valence-electron chi connectivity index (χ0n) is 11.5. The average molecular weight is 267 g/mol. The molecule has 2 N–H and O–H groups in total. The fourth-order valence-electron chi connectivity index (χ4n) is 2.60. The molecule has 6 nitrogen and oxygen atoms in total. The van der Waals surface area contributed by atoms with Crippen molar-refractivity contribution in [2.24, 2.45) is 0 Å². The molecule has 6 heteroatoms. The van der Waals surface area contributed by atoms with E-state index in [0.717, 1.165) is 31.2 Å². The van der Waals surface area contributed by atoms with Crippen LogP contribution in [0.4, 0.5) is 0 Å². The van der Waals surface area contributed by atoms with Crippen LogP contribution in [0.5, 0.6) is 11.8 Å². The fraction of sp³-hybridized carbons (Fsp3) is 0.692. The molecule has 0 aromatic carbocycles. The van der Waals surface area contributed by atoms with Crippen molar-refractivity contribution in [3.63, 3.8) is 0 Å². The van der Waals surface area contributed by atoms with Gasteiger partial charge in [-0.2, -0.15) is 0 Å². The van der Waals surface area contributed by atoms with E-state index < -0.39 is 0 Å². The minimum Gasteiger partial charge on any atom is -0.481 e. The molecule has 0 bridgehead atoms. The molecular formula is C13H21N3O3. The second kappa shape index (κ2) is 6.16. The van der Waals surface area contributed by atoms with E-state index in [9.17, 15) is 5.11 Å². The highest BCUT2D eigenvalue weighted by Gasteiger charge is 2.33. The van der Waals surface area contributed by atoms with Gasteiger partial charge in [-0.15, -0.1) is 0 Å². The van der Waals surface area contributed by atoms with E-state index >= 15 is 0 Å². The summed E-state index contributed by atoms with van der Waals surface area (Å²) in [5, 5.41) is 13.0. The summed E-state index contributed by atoms with van der Waals surface area (Å²) >= 11 is 0. The van der Waals surface area contributed by atoms with E-state index in [2.05, 4.69) is 15.3 Å². The summed E-state index contributed by atoms with van der Waals surface area (Å²) < 4.78 is 10.5. The molecular weight excluding hydrogens is 246 g/mol. The molecule has 0 radical (unpaired) electrons. The lowest BCUT2D eigenvalue weighted by Crippen LogP contribution is -2.45. The largest absolute Gasteiger partial charge is 0.481 e. The monoisotopic (exact) mass is 267 g/mol. The highest BCUT2D eigenvalue weighted by atomic mass is 16.5. The molecule has 0 amide bonds. The molecule has 0 unspecified atom stereocenters. The Morgan fingerprint density at radius 2 is 1.79 bits per heavy atom. The molecule has 1 fully saturated rings. The Bertz CT molecular complexity index is 397. The molecule has 1 aliphatic rings. The number of nitrogens with one attached hydrogen (secondary N) is 1. The Kier molecular flexibility index (Phi) is 4.55. The third kappa shape index (κ3) is 2.96. The van der Waals surface area contributed by atoms with Crippen LogP contribution in [0.15, 0.2) is 6.33 Å². The van der Waals surface area contributed by atoms with Crippen molar-refractivity contribution in [3.8, 4) is 11.8 Å². The molecule has 1 aromatic rings. The topological polar surface area (TPSA) is 76.5 Å². The number of hydrogen-bond acceptors (Lipinski definition) is 6. The predicted molar refractivity (Wildman–Crippen MR) is 70.3 cm³/mol. The molecule has 2 rings (SSSR count). The van der Waals surface area contributed by atoms with Gasteiger partial charge >= 0.3 is 0 Å². The number of aromatic nitrogens is 2. The van der Waals surface area contributed by atoms with E-state index in [-0.39, 0.29) is 12.1 Å². The lowest BCUT2D eigenvalue weighted by molar-refractivity contribution is 0.162. The summed E-state index contributed by atoms with van der Waals surface area (Å²) in [4.78, 5) is 8.17. The van der Waals surface area contributed by atoms with Crippen molar-refractivity contribution in [3.05, 3.63) is 11.9 Å². The van der Waals surface area contributed by atoms with E-state index in [1.165, 1.54) is 6.33 Å². The van der Waals surface area contributed by atoms with Gasteiger partial charge in [0.05, 0.1) is 26.4 Å². The summed E-state index contributed by atoms with van der Waals surface area (Å²) in [6, 6.07) is 0. The first kappa shape index (κ1) is 14.0. The van der Waals surface area contributed by atoms with Crippen LogP contribution >= 0.6 is 0 Å². The van der Waals surface area contributed by atoms with Crippen LogP contribution in [0.3, 0.4) is 0 Å². The Balaban J connectivity index is 2.14. The first-order chi connectivity index (χ1) is 9.24. The quantitative estimate of drug-likeness (QED) is 0.797. The van der Waals surface area contributed by atoms with E-state index in [1.807, 2.05) is 0 Å². The Labute approximate surface area is 113 Å². The van der Waals surface area contributed by atoms with Crippen molar-refractivity contribution >= 4 is 0 Å². The maximum Gasteiger partial charge on any atom is 0.224 e. The summed E-state index contributed by atoms with van der Waals surface area (Å²) in [5.74, 6) is 1.01. The third-order valence-corrected chi connectivity index (χ3v) is 3.76. The minimum absolute atomic E-state index is 0.144. The summed E-state index contributed by atoms with van der Waals surface area (Å²) in [6.45, 7) is 0.666. The first-order valence-electron chi connectivity index (χ1n) is 6.52. The van der Waals surface area contributed by atoms with Gasteiger partial charge in [0.2, 0.25) is 11.8 Å². The van der Waals surface area contributed by atoms with Crippen LogP contribution in [0.2, 0.25) is 0 Å². The van der Waals surface area contributed by atoms with Crippen molar-refractivity contribution in [2.45, 2.75) is 37.8 Å². The second-order valence-electron chi connectivity index (χ2n) is 4.87. The zero-order chi connectivity index (χ0) is 13.7. The lowest BCUT2D eigenvalue weighted by atomic mass is 9.98. The Hall–Kier alpha value is -1.40. The smallest absolute Gasteiger partial charge is 0.224 e. The second-order valence-corrected chi connectivity index (χ2v) is 4.87. The summed E-state index contributed by atoms with van der Waals surface area (Å²) in [5.41, 5.74) is 0.596. The van der Waals surface area contributed by atoms with Gasteiger partial charge in [0.1, 0.15) is 6.33 Å². The van der Waals surface area contributed by atoms with E-state index in [4.69, 9.17) is 9.47 Å². The number of methoxy groups -OCH3 is 2.